The minimum atomic E-state index is -0.0845. The van der Waals surface area contributed by atoms with Crippen LogP contribution in [-0.4, -0.2) is 51.0 Å². The van der Waals surface area contributed by atoms with Gasteiger partial charge in [-0.2, -0.15) is 5.10 Å². The molecule has 142 valence electrons. The van der Waals surface area contributed by atoms with E-state index >= 15 is 0 Å². The smallest absolute Gasteiger partial charge is 0.273 e. The number of rotatable bonds is 2. The number of carbonyl (C=O) groups is 2. The van der Waals surface area contributed by atoms with Crippen molar-refractivity contribution in [3.8, 4) is 0 Å². The number of carbonyl (C=O) groups excluding carboxylic acids is 2. The highest BCUT2D eigenvalue weighted by molar-refractivity contribution is 6.34. The van der Waals surface area contributed by atoms with Crippen LogP contribution in [0.25, 0.3) is 0 Å². The lowest BCUT2D eigenvalue weighted by Gasteiger charge is -2.29. The summed E-state index contributed by atoms with van der Waals surface area (Å²) in [6, 6.07) is 10.1. The third-order valence-corrected chi connectivity index (χ3v) is 6.30. The zero-order valence-corrected chi connectivity index (χ0v) is 16.5. The molecule has 0 saturated carbocycles. The van der Waals surface area contributed by atoms with Gasteiger partial charge < -0.3 is 9.80 Å². The topological polar surface area (TPSA) is 58.4 Å². The number of aryl methyl sites for hydroxylation is 2. The monoisotopic (exact) mass is 386 g/mol. The van der Waals surface area contributed by atoms with Gasteiger partial charge in [-0.15, -0.1) is 0 Å². The van der Waals surface area contributed by atoms with Crippen LogP contribution in [0.5, 0.6) is 0 Å². The number of hydrogen-bond donors (Lipinski definition) is 0. The second kappa shape index (κ2) is 6.68. The largest absolute Gasteiger partial charge is 0.337 e. The average molecular weight is 387 g/mol. The maximum Gasteiger partial charge on any atom is 0.273 e. The molecule has 27 heavy (non-hydrogen) atoms. The normalized spacial score (nSPS) is 24.4. The van der Waals surface area contributed by atoms with E-state index in [9.17, 15) is 9.59 Å². The Kier molecular flexibility index (Phi) is 4.46. The van der Waals surface area contributed by atoms with Gasteiger partial charge in [0.25, 0.3) is 5.91 Å². The number of benzene rings is 1. The number of hydrogen-bond acceptors (Lipinski definition) is 3. The molecule has 0 spiro atoms. The lowest BCUT2D eigenvalue weighted by Crippen LogP contribution is -2.37. The van der Waals surface area contributed by atoms with Crippen molar-refractivity contribution in [1.82, 2.24) is 19.6 Å². The van der Waals surface area contributed by atoms with Gasteiger partial charge in [-0.25, -0.2) is 0 Å². The fraction of sp³-hybridized carbons (Fsp3) is 0.450. The van der Waals surface area contributed by atoms with Gasteiger partial charge in [-0.1, -0.05) is 41.9 Å². The third kappa shape index (κ3) is 2.92. The van der Waals surface area contributed by atoms with E-state index in [0.29, 0.717) is 36.0 Å². The van der Waals surface area contributed by atoms with Gasteiger partial charge in [0.05, 0.1) is 16.8 Å². The van der Waals surface area contributed by atoms with E-state index in [4.69, 9.17) is 11.6 Å². The molecule has 0 bridgehead atoms. The summed E-state index contributed by atoms with van der Waals surface area (Å²) in [5, 5.41) is 4.68. The molecule has 6 nitrogen and oxygen atoms in total. The van der Waals surface area contributed by atoms with Crippen molar-refractivity contribution in [3.05, 3.63) is 52.3 Å². The molecule has 2 aliphatic heterocycles. The summed E-state index contributed by atoms with van der Waals surface area (Å²) < 4.78 is 1.56. The molecule has 2 aliphatic rings. The molecule has 0 aliphatic carbocycles. The van der Waals surface area contributed by atoms with E-state index in [0.717, 1.165) is 5.56 Å². The van der Waals surface area contributed by atoms with Gasteiger partial charge in [0.1, 0.15) is 5.69 Å². The van der Waals surface area contributed by atoms with E-state index in [1.54, 1.807) is 25.6 Å². The Morgan fingerprint density at radius 2 is 1.85 bits per heavy atom. The van der Waals surface area contributed by atoms with E-state index in [1.807, 2.05) is 28.0 Å². The number of likely N-dealkylation sites (tertiary alicyclic amines) is 2. The van der Waals surface area contributed by atoms with Crippen LogP contribution >= 0.6 is 11.6 Å². The van der Waals surface area contributed by atoms with E-state index in [2.05, 4.69) is 17.2 Å². The van der Waals surface area contributed by atoms with Crippen molar-refractivity contribution in [2.75, 3.05) is 19.6 Å². The van der Waals surface area contributed by atoms with Crippen LogP contribution in [0, 0.1) is 18.8 Å². The van der Waals surface area contributed by atoms with Crippen molar-refractivity contribution >= 4 is 23.4 Å². The molecule has 1 aromatic heterocycles. The second-order valence-electron chi connectivity index (χ2n) is 7.53. The number of aromatic nitrogens is 2. The average Bonchev–Trinajstić information content (AvgIpc) is 3.26. The Balaban J connectivity index is 1.61. The first-order chi connectivity index (χ1) is 12.9. The maximum absolute atomic E-state index is 13.1. The summed E-state index contributed by atoms with van der Waals surface area (Å²) >= 11 is 6.31. The van der Waals surface area contributed by atoms with Crippen molar-refractivity contribution in [2.45, 2.75) is 19.9 Å². The summed E-state index contributed by atoms with van der Waals surface area (Å²) in [4.78, 5) is 29.1. The summed E-state index contributed by atoms with van der Waals surface area (Å²) in [5.74, 6) is 0.504. The van der Waals surface area contributed by atoms with E-state index in [-0.39, 0.29) is 29.7 Å². The maximum atomic E-state index is 13.1. The Bertz CT molecular complexity index is 895. The van der Waals surface area contributed by atoms with Crippen LogP contribution in [0.15, 0.2) is 30.3 Å². The fourth-order valence-corrected chi connectivity index (χ4v) is 4.87. The van der Waals surface area contributed by atoms with Crippen molar-refractivity contribution in [3.63, 3.8) is 0 Å². The zero-order chi connectivity index (χ0) is 19.3. The quantitative estimate of drug-likeness (QED) is 0.797. The molecule has 3 atom stereocenters. The Morgan fingerprint density at radius 3 is 2.44 bits per heavy atom. The predicted molar refractivity (Wildman–Crippen MR) is 102 cm³/mol. The molecule has 0 radical (unpaired) electrons. The second-order valence-corrected chi connectivity index (χ2v) is 7.91. The highest BCUT2D eigenvalue weighted by atomic mass is 35.5. The Labute approximate surface area is 163 Å². The molecule has 4 rings (SSSR count). The standard InChI is InChI=1S/C20H23ClN4O2/c1-12-17(21)19(23(3)22-12)20(27)24-9-15-10-25(13(2)26)18(16(15)11-24)14-7-5-4-6-8-14/h4-8,15-16,18H,9-11H2,1-3H3/t15-,16-,18+/m1/s1. The zero-order valence-electron chi connectivity index (χ0n) is 15.7. The van der Waals surface area contributed by atoms with E-state index < -0.39 is 0 Å². The van der Waals surface area contributed by atoms with Crippen molar-refractivity contribution in [2.24, 2.45) is 18.9 Å². The molecule has 2 amide bonds. The van der Waals surface area contributed by atoms with Crippen LogP contribution in [0.2, 0.25) is 5.02 Å². The summed E-state index contributed by atoms with van der Waals surface area (Å²) in [7, 11) is 1.74. The van der Waals surface area contributed by atoms with Gasteiger partial charge >= 0.3 is 0 Å². The van der Waals surface area contributed by atoms with Gasteiger partial charge in [0, 0.05) is 45.4 Å². The molecule has 3 heterocycles. The number of fused-ring (bicyclic) bond motifs is 1. The molecule has 0 N–H and O–H groups in total. The highest BCUT2D eigenvalue weighted by Gasteiger charge is 2.49. The lowest BCUT2D eigenvalue weighted by atomic mass is 9.89. The number of amides is 2. The number of nitrogens with zero attached hydrogens (tertiary/aromatic N) is 4. The van der Waals surface area contributed by atoms with Gasteiger partial charge in [-0.05, 0) is 12.5 Å². The molecular weight excluding hydrogens is 364 g/mol. The molecule has 2 fully saturated rings. The van der Waals surface area contributed by atoms with Crippen LogP contribution in [0.1, 0.15) is 34.7 Å². The van der Waals surface area contributed by atoms with Crippen LogP contribution < -0.4 is 0 Å². The van der Waals surface area contributed by atoms with Crippen LogP contribution in [-0.2, 0) is 11.8 Å². The Hall–Kier alpha value is -2.34. The van der Waals surface area contributed by atoms with Crippen LogP contribution in [0.4, 0.5) is 0 Å². The molecule has 2 saturated heterocycles. The van der Waals surface area contributed by atoms with Crippen LogP contribution in [0.3, 0.4) is 0 Å². The minimum Gasteiger partial charge on any atom is -0.337 e. The number of halogens is 1. The molecule has 2 aromatic rings. The first-order valence-electron chi connectivity index (χ1n) is 9.19. The van der Waals surface area contributed by atoms with E-state index in [1.165, 1.54) is 0 Å². The van der Waals surface area contributed by atoms with Crippen molar-refractivity contribution < 1.29 is 9.59 Å². The molecular formula is C20H23ClN4O2. The third-order valence-electron chi connectivity index (χ3n) is 5.85. The summed E-state index contributed by atoms with van der Waals surface area (Å²) in [6.45, 7) is 5.36. The van der Waals surface area contributed by atoms with Gasteiger partial charge in [0.15, 0.2) is 0 Å². The first-order valence-corrected chi connectivity index (χ1v) is 9.56. The van der Waals surface area contributed by atoms with Crippen molar-refractivity contribution in [1.29, 1.82) is 0 Å². The lowest BCUT2D eigenvalue weighted by molar-refractivity contribution is -0.130. The minimum absolute atomic E-state index is 0.00949. The van der Waals surface area contributed by atoms with Gasteiger partial charge in [-0.3, -0.25) is 14.3 Å². The summed E-state index contributed by atoms with van der Waals surface area (Å²) in [6.07, 6.45) is 0. The molecule has 1 aromatic carbocycles. The first kappa shape index (κ1) is 18.0. The molecule has 0 unspecified atom stereocenters. The predicted octanol–water partition coefficient (Wildman–Crippen LogP) is 2.67. The van der Waals surface area contributed by atoms with Gasteiger partial charge in [0.2, 0.25) is 5.91 Å². The Morgan fingerprint density at radius 1 is 1.15 bits per heavy atom. The molecule has 7 heteroatoms. The highest BCUT2D eigenvalue weighted by Crippen LogP contribution is 2.45. The summed E-state index contributed by atoms with van der Waals surface area (Å²) in [5.41, 5.74) is 2.23. The SMILES string of the molecule is CC(=O)N1C[C@H]2CN(C(=O)c3c(Cl)c(C)nn3C)C[C@H]2[C@@H]1c1ccccc1. The fourth-order valence-electron chi connectivity index (χ4n) is 4.63.